The maximum absolute atomic E-state index is 11.7. The Hall–Kier alpha value is -1.10. The van der Waals surface area contributed by atoms with Gasteiger partial charge in [-0.15, -0.1) is 0 Å². The molecule has 1 fully saturated rings. The standard InChI is InChI=1S/C14H26N2O3/c1-2-12(8-10-17)16-13(18)7-9-15-14(19)11-5-3-4-6-11/h11-12,17H,2-10H2,1H3,(H,15,19)(H,16,18). The lowest BCUT2D eigenvalue weighted by Crippen LogP contribution is -2.38. The zero-order chi connectivity index (χ0) is 14.1. The lowest BCUT2D eigenvalue weighted by Gasteiger charge is -2.16. The van der Waals surface area contributed by atoms with Gasteiger partial charge in [0.25, 0.3) is 0 Å². The second-order valence-corrected chi connectivity index (χ2v) is 5.21. The largest absolute Gasteiger partial charge is 0.396 e. The molecule has 0 aromatic heterocycles. The summed E-state index contributed by atoms with van der Waals surface area (Å²) in [6, 6.07) is 0.0306. The van der Waals surface area contributed by atoms with Gasteiger partial charge in [-0.2, -0.15) is 0 Å². The molecule has 1 atom stereocenters. The molecule has 2 amide bonds. The van der Waals surface area contributed by atoms with E-state index in [2.05, 4.69) is 10.6 Å². The van der Waals surface area contributed by atoms with Crippen molar-refractivity contribution in [3.8, 4) is 0 Å². The van der Waals surface area contributed by atoms with Gasteiger partial charge in [0.2, 0.25) is 11.8 Å². The van der Waals surface area contributed by atoms with Crippen LogP contribution < -0.4 is 10.6 Å². The molecule has 110 valence electrons. The first kappa shape index (κ1) is 16.0. The molecule has 19 heavy (non-hydrogen) atoms. The highest BCUT2D eigenvalue weighted by Crippen LogP contribution is 2.24. The van der Waals surface area contributed by atoms with Crippen LogP contribution in [0.4, 0.5) is 0 Å². The van der Waals surface area contributed by atoms with Crippen LogP contribution in [0.3, 0.4) is 0 Å². The van der Waals surface area contributed by atoms with Gasteiger partial charge in [0, 0.05) is 31.5 Å². The summed E-state index contributed by atoms with van der Waals surface area (Å²) in [6.07, 6.45) is 5.92. The van der Waals surface area contributed by atoms with Crippen LogP contribution in [0.1, 0.15) is 51.9 Å². The van der Waals surface area contributed by atoms with Crippen LogP contribution in [0, 0.1) is 5.92 Å². The molecule has 0 heterocycles. The van der Waals surface area contributed by atoms with Gasteiger partial charge in [0.15, 0.2) is 0 Å². The topological polar surface area (TPSA) is 78.4 Å². The molecule has 0 bridgehead atoms. The zero-order valence-corrected chi connectivity index (χ0v) is 11.8. The number of carbonyl (C=O) groups is 2. The Morgan fingerprint density at radius 2 is 2.00 bits per heavy atom. The van der Waals surface area contributed by atoms with Crippen molar-refractivity contribution in [2.75, 3.05) is 13.2 Å². The van der Waals surface area contributed by atoms with Gasteiger partial charge in [0.1, 0.15) is 0 Å². The second-order valence-electron chi connectivity index (χ2n) is 5.21. The molecular formula is C14H26N2O3. The van der Waals surface area contributed by atoms with Crippen molar-refractivity contribution in [3.05, 3.63) is 0 Å². The van der Waals surface area contributed by atoms with Crippen molar-refractivity contribution in [2.45, 2.75) is 57.9 Å². The third-order valence-electron chi connectivity index (χ3n) is 3.71. The van der Waals surface area contributed by atoms with E-state index in [1.165, 1.54) is 0 Å². The van der Waals surface area contributed by atoms with E-state index in [0.717, 1.165) is 32.1 Å². The Morgan fingerprint density at radius 3 is 2.58 bits per heavy atom. The summed E-state index contributed by atoms with van der Waals surface area (Å²) in [6.45, 7) is 2.45. The van der Waals surface area contributed by atoms with Crippen molar-refractivity contribution in [3.63, 3.8) is 0 Å². The molecule has 0 saturated heterocycles. The molecule has 1 aliphatic carbocycles. The summed E-state index contributed by atoms with van der Waals surface area (Å²) in [5, 5.41) is 14.5. The summed E-state index contributed by atoms with van der Waals surface area (Å²) in [5.74, 6) is 0.181. The molecule has 0 spiro atoms. The van der Waals surface area contributed by atoms with E-state index in [0.29, 0.717) is 19.4 Å². The van der Waals surface area contributed by atoms with E-state index in [-0.39, 0.29) is 30.4 Å². The van der Waals surface area contributed by atoms with Crippen molar-refractivity contribution in [1.82, 2.24) is 10.6 Å². The Morgan fingerprint density at radius 1 is 1.32 bits per heavy atom. The van der Waals surface area contributed by atoms with Crippen LogP contribution >= 0.6 is 0 Å². The quantitative estimate of drug-likeness (QED) is 0.614. The molecular weight excluding hydrogens is 244 g/mol. The van der Waals surface area contributed by atoms with Crippen molar-refractivity contribution in [2.24, 2.45) is 5.92 Å². The van der Waals surface area contributed by atoms with E-state index in [1.54, 1.807) is 0 Å². The number of hydrogen-bond donors (Lipinski definition) is 3. The minimum absolute atomic E-state index is 0.0306. The Balaban J connectivity index is 2.13. The maximum atomic E-state index is 11.7. The van der Waals surface area contributed by atoms with E-state index in [9.17, 15) is 9.59 Å². The van der Waals surface area contributed by atoms with E-state index >= 15 is 0 Å². The molecule has 0 aromatic carbocycles. The molecule has 5 nitrogen and oxygen atoms in total. The van der Waals surface area contributed by atoms with Crippen LogP contribution in [0.5, 0.6) is 0 Å². The van der Waals surface area contributed by atoms with Crippen LogP contribution in [0.2, 0.25) is 0 Å². The van der Waals surface area contributed by atoms with Gasteiger partial charge in [-0.1, -0.05) is 19.8 Å². The number of rotatable bonds is 8. The lowest BCUT2D eigenvalue weighted by atomic mass is 10.1. The van der Waals surface area contributed by atoms with Crippen LogP contribution in [0.25, 0.3) is 0 Å². The van der Waals surface area contributed by atoms with Crippen LogP contribution in [0.15, 0.2) is 0 Å². The highest BCUT2D eigenvalue weighted by atomic mass is 16.3. The summed E-state index contributed by atoms with van der Waals surface area (Å²) in [5.41, 5.74) is 0. The predicted molar refractivity (Wildman–Crippen MR) is 73.5 cm³/mol. The molecule has 0 aromatic rings. The molecule has 0 aliphatic heterocycles. The highest BCUT2D eigenvalue weighted by Gasteiger charge is 2.22. The number of hydrogen-bond acceptors (Lipinski definition) is 3. The van der Waals surface area contributed by atoms with Crippen LogP contribution in [-0.4, -0.2) is 36.1 Å². The summed E-state index contributed by atoms with van der Waals surface area (Å²) in [4.78, 5) is 23.4. The average Bonchev–Trinajstić information content (AvgIpc) is 2.92. The van der Waals surface area contributed by atoms with Gasteiger partial charge < -0.3 is 15.7 Å². The third-order valence-corrected chi connectivity index (χ3v) is 3.71. The highest BCUT2D eigenvalue weighted by molar-refractivity contribution is 5.80. The van der Waals surface area contributed by atoms with Gasteiger partial charge in [-0.05, 0) is 25.7 Å². The lowest BCUT2D eigenvalue weighted by molar-refractivity contribution is -0.125. The SMILES string of the molecule is CCC(CCO)NC(=O)CCNC(=O)C1CCCC1. The number of amides is 2. The molecule has 0 radical (unpaired) electrons. The maximum Gasteiger partial charge on any atom is 0.223 e. The van der Waals surface area contributed by atoms with Crippen molar-refractivity contribution < 1.29 is 14.7 Å². The fourth-order valence-electron chi connectivity index (χ4n) is 2.47. The van der Waals surface area contributed by atoms with Crippen molar-refractivity contribution >= 4 is 11.8 Å². The molecule has 1 aliphatic rings. The minimum atomic E-state index is -0.0629. The zero-order valence-electron chi connectivity index (χ0n) is 11.8. The normalized spacial score (nSPS) is 17.2. The molecule has 3 N–H and O–H groups in total. The Labute approximate surface area is 115 Å². The fourth-order valence-corrected chi connectivity index (χ4v) is 2.47. The van der Waals surface area contributed by atoms with Crippen LogP contribution in [-0.2, 0) is 9.59 Å². The number of carbonyl (C=O) groups excluding carboxylic acids is 2. The number of aliphatic hydroxyl groups excluding tert-OH is 1. The van der Waals surface area contributed by atoms with Crippen molar-refractivity contribution in [1.29, 1.82) is 0 Å². The summed E-state index contributed by atoms with van der Waals surface area (Å²) in [7, 11) is 0. The average molecular weight is 270 g/mol. The van der Waals surface area contributed by atoms with E-state index < -0.39 is 0 Å². The van der Waals surface area contributed by atoms with E-state index in [4.69, 9.17) is 5.11 Å². The Kier molecular flexibility index (Phi) is 7.48. The number of aliphatic hydroxyl groups is 1. The number of nitrogens with one attached hydrogen (secondary N) is 2. The molecule has 1 saturated carbocycles. The third kappa shape index (κ3) is 6.05. The minimum Gasteiger partial charge on any atom is -0.396 e. The van der Waals surface area contributed by atoms with Gasteiger partial charge >= 0.3 is 0 Å². The summed E-state index contributed by atoms with van der Waals surface area (Å²) < 4.78 is 0. The van der Waals surface area contributed by atoms with Gasteiger partial charge in [-0.25, -0.2) is 0 Å². The van der Waals surface area contributed by atoms with Gasteiger partial charge in [-0.3, -0.25) is 9.59 Å². The second kappa shape index (κ2) is 8.91. The van der Waals surface area contributed by atoms with Gasteiger partial charge in [0.05, 0.1) is 0 Å². The molecule has 1 unspecified atom stereocenters. The fraction of sp³-hybridized carbons (Fsp3) is 0.857. The summed E-state index contributed by atoms with van der Waals surface area (Å²) >= 11 is 0. The smallest absolute Gasteiger partial charge is 0.223 e. The molecule has 1 rings (SSSR count). The molecule has 5 heteroatoms. The Bertz CT molecular complexity index is 288. The predicted octanol–water partition coefficient (Wildman–Crippen LogP) is 0.960. The first-order valence-corrected chi connectivity index (χ1v) is 7.35. The monoisotopic (exact) mass is 270 g/mol. The first-order chi connectivity index (χ1) is 9.17. The first-order valence-electron chi connectivity index (χ1n) is 7.35. The van der Waals surface area contributed by atoms with E-state index in [1.807, 2.05) is 6.92 Å².